The van der Waals surface area contributed by atoms with Gasteiger partial charge >= 0.3 is 0 Å². The third kappa shape index (κ3) is 3.93. The van der Waals surface area contributed by atoms with Gasteiger partial charge in [0, 0.05) is 32.2 Å². The molecule has 0 radical (unpaired) electrons. The predicted molar refractivity (Wildman–Crippen MR) is 117 cm³/mol. The van der Waals surface area contributed by atoms with Gasteiger partial charge in [0.05, 0.1) is 18.4 Å². The van der Waals surface area contributed by atoms with Gasteiger partial charge in [-0.3, -0.25) is 19.5 Å². The highest BCUT2D eigenvalue weighted by Crippen LogP contribution is 2.52. The molecule has 1 aromatic rings. The van der Waals surface area contributed by atoms with E-state index < -0.39 is 0 Å². The molecular weight excluding hydrogens is 392 g/mol. The number of imide groups is 1. The molecule has 5 rings (SSSR count). The molecule has 7 nitrogen and oxygen atoms in total. The number of benzene rings is 1. The number of fused-ring (bicyclic) bond motifs is 5. The molecule has 7 heteroatoms. The number of likely N-dealkylation sites (tertiary alicyclic amines) is 1. The number of ether oxygens (including phenoxy) is 1. The van der Waals surface area contributed by atoms with Gasteiger partial charge in [0.2, 0.25) is 11.8 Å². The predicted octanol–water partition coefficient (Wildman–Crippen LogP) is 1.95. The Balaban J connectivity index is 1.11. The Morgan fingerprint density at radius 1 is 1.10 bits per heavy atom. The minimum absolute atomic E-state index is 0.00154. The molecule has 2 N–H and O–H groups in total. The van der Waals surface area contributed by atoms with Gasteiger partial charge in [0.25, 0.3) is 0 Å². The maximum Gasteiger partial charge on any atom is 0.233 e. The average molecular weight is 423 g/mol. The Kier molecular flexibility index (Phi) is 5.42. The van der Waals surface area contributed by atoms with Crippen LogP contribution in [0.25, 0.3) is 0 Å². The standard InChI is InChI=1S/C24H30N4O3/c1-25-24(27-13-18-4-2-3-5-19(18)31-14-15-6-7-15)26-10-11-28-22(29)20-16-8-9-17(12-16)21(20)23(28)30/h2-5,8-9,15-17,20-21H,6-7,10-14H2,1H3,(H2,25,26,27). The summed E-state index contributed by atoms with van der Waals surface area (Å²) in [5, 5.41) is 6.53. The summed E-state index contributed by atoms with van der Waals surface area (Å²) in [4.78, 5) is 31.3. The number of rotatable bonds is 8. The molecule has 4 unspecified atom stereocenters. The van der Waals surface area contributed by atoms with Gasteiger partial charge in [-0.25, -0.2) is 0 Å². The van der Waals surface area contributed by atoms with Crippen molar-refractivity contribution in [1.82, 2.24) is 15.5 Å². The molecule has 31 heavy (non-hydrogen) atoms. The second-order valence-corrected chi connectivity index (χ2v) is 9.04. The van der Waals surface area contributed by atoms with E-state index in [1.165, 1.54) is 17.7 Å². The normalized spacial score (nSPS) is 28.9. The zero-order chi connectivity index (χ0) is 21.4. The molecule has 1 aliphatic heterocycles. The number of para-hydroxylation sites is 1. The number of carbonyl (C=O) groups excluding carboxylic acids is 2. The molecule has 1 heterocycles. The number of nitrogens with one attached hydrogen (secondary N) is 2. The van der Waals surface area contributed by atoms with Crippen molar-refractivity contribution in [2.45, 2.75) is 25.8 Å². The van der Waals surface area contributed by atoms with Crippen molar-refractivity contribution in [2.75, 3.05) is 26.7 Å². The number of amides is 2. The molecule has 4 aliphatic rings. The number of hydrogen-bond acceptors (Lipinski definition) is 4. The first-order valence-corrected chi connectivity index (χ1v) is 11.3. The van der Waals surface area contributed by atoms with Gasteiger partial charge < -0.3 is 15.4 Å². The minimum atomic E-state index is -0.132. The lowest BCUT2D eigenvalue weighted by molar-refractivity contribution is -0.140. The topological polar surface area (TPSA) is 83.0 Å². The molecule has 0 spiro atoms. The Hall–Kier alpha value is -2.83. The lowest BCUT2D eigenvalue weighted by Crippen LogP contribution is -2.43. The van der Waals surface area contributed by atoms with E-state index in [1.807, 2.05) is 24.3 Å². The van der Waals surface area contributed by atoms with Gasteiger partial charge in [-0.2, -0.15) is 0 Å². The van der Waals surface area contributed by atoms with Gasteiger partial charge in [0.15, 0.2) is 5.96 Å². The largest absolute Gasteiger partial charge is 0.493 e. The van der Waals surface area contributed by atoms with Gasteiger partial charge in [-0.15, -0.1) is 0 Å². The first-order valence-electron chi connectivity index (χ1n) is 11.3. The molecule has 164 valence electrons. The van der Waals surface area contributed by atoms with Crippen LogP contribution < -0.4 is 15.4 Å². The summed E-state index contributed by atoms with van der Waals surface area (Å²) in [6, 6.07) is 8.03. The second-order valence-electron chi connectivity index (χ2n) is 9.04. The van der Waals surface area contributed by atoms with Gasteiger partial charge in [-0.1, -0.05) is 30.4 Å². The molecule has 1 saturated heterocycles. The van der Waals surface area contributed by atoms with Crippen LogP contribution in [-0.4, -0.2) is 49.4 Å². The highest BCUT2D eigenvalue weighted by Gasteiger charge is 2.58. The van der Waals surface area contributed by atoms with Crippen LogP contribution in [0.3, 0.4) is 0 Å². The van der Waals surface area contributed by atoms with Crippen molar-refractivity contribution in [3.63, 3.8) is 0 Å². The maximum atomic E-state index is 12.8. The highest BCUT2D eigenvalue weighted by molar-refractivity contribution is 6.06. The highest BCUT2D eigenvalue weighted by atomic mass is 16.5. The van der Waals surface area contributed by atoms with E-state index in [1.54, 1.807) is 7.05 Å². The summed E-state index contributed by atoms with van der Waals surface area (Å²) >= 11 is 0. The van der Waals surface area contributed by atoms with E-state index in [-0.39, 0.29) is 35.5 Å². The van der Waals surface area contributed by atoms with Crippen molar-refractivity contribution in [3.05, 3.63) is 42.0 Å². The fraction of sp³-hybridized carbons (Fsp3) is 0.542. The fourth-order valence-corrected chi connectivity index (χ4v) is 5.15. The van der Waals surface area contributed by atoms with Crippen molar-refractivity contribution in [3.8, 4) is 5.75 Å². The van der Waals surface area contributed by atoms with Crippen LogP contribution in [-0.2, 0) is 16.1 Å². The van der Waals surface area contributed by atoms with E-state index in [4.69, 9.17) is 4.74 Å². The third-order valence-electron chi connectivity index (χ3n) is 7.00. The lowest BCUT2D eigenvalue weighted by Gasteiger charge is -2.19. The third-order valence-corrected chi connectivity index (χ3v) is 7.00. The Labute approximate surface area is 182 Å². The minimum Gasteiger partial charge on any atom is -0.493 e. The molecule has 2 amide bonds. The van der Waals surface area contributed by atoms with Crippen molar-refractivity contribution in [1.29, 1.82) is 0 Å². The van der Waals surface area contributed by atoms with Crippen LogP contribution in [0, 0.1) is 29.6 Å². The number of carbonyl (C=O) groups is 2. The van der Waals surface area contributed by atoms with Crippen LogP contribution in [0.5, 0.6) is 5.75 Å². The van der Waals surface area contributed by atoms with E-state index in [0.29, 0.717) is 31.5 Å². The zero-order valence-corrected chi connectivity index (χ0v) is 17.9. The van der Waals surface area contributed by atoms with Crippen LogP contribution >= 0.6 is 0 Å². The van der Waals surface area contributed by atoms with Crippen LogP contribution in [0.1, 0.15) is 24.8 Å². The van der Waals surface area contributed by atoms with Crippen LogP contribution in [0.4, 0.5) is 0 Å². The smallest absolute Gasteiger partial charge is 0.233 e. The quantitative estimate of drug-likeness (QED) is 0.290. The summed E-state index contributed by atoms with van der Waals surface area (Å²) in [5.41, 5.74) is 1.08. The second kappa shape index (κ2) is 8.36. The molecule has 4 atom stereocenters. The maximum absolute atomic E-state index is 12.8. The Bertz CT molecular complexity index is 893. The van der Waals surface area contributed by atoms with Crippen LogP contribution in [0.15, 0.2) is 41.4 Å². The molecule has 2 saturated carbocycles. The molecule has 3 fully saturated rings. The SMILES string of the molecule is CN=C(NCCN1C(=O)C2C3C=CC(C3)C2C1=O)NCc1ccccc1OCC1CC1. The number of nitrogens with zero attached hydrogens (tertiary/aromatic N) is 2. The first kappa shape index (κ1) is 20.1. The van der Waals surface area contributed by atoms with Gasteiger partial charge in [0.1, 0.15) is 5.75 Å². The summed E-state index contributed by atoms with van der Waals surface area (Å²) < 4.78 is 5.97. The summed E-state index contributed by atoms with van der Waals surface area (Å²) in [6.45, 7) is 2.20. The van der Waals surface area contributed by atoms with E-state index in [0.717, 1.165) is 24.3 Å². The van der Waals surface area contributed by atoms with Crippen LogP contribution in [0.2, 0.25) is 0 Å². The number of allylic oxidation sites excluding steroid dienone is 2. The number of guanidine groups is 1. The van der Waals surface area contributed by atoms with Crippen molar-refractivity contribution < 1.29 is 14.3 Å². The van der Waals surface area contributed by atoms with Gasteiger partial charge in [-0.05, 0) is 43.1 Å². The fourth-order valence-electron chi connectivity index (χ4n) is 5.15. The molecule has 2 bridgehead atoms. The average Bonchev–Trinajstić information content (AvgIpc) is 3.30. The number of hydrogen-bond donors (Lipinski definition) is 2. The van der Waals surface area contributed by atoms with E-state index in [9.17, 15) is 9.59 Å². The summed E-state index contributed by atoms with van der Waals surface area (Å²) in [7, 11) is 1.71. The number of aliphatic imine (C=N–C) groups is 1. The Morgan fingerprint density at radius 2 is 1.81 bits per heavy atom. The molecular formula is C24H30N4O3. The molecule has 1 aromatic carbocycles. The lowest BCUT2D eigenvalue weighted by atomic mass is 9.85. The molecule has 0 aromatic heterocycles. The Morgan fingerprint density at radius 3 is 2.48 bits per heavy atom. The summed E-state index contributed by atoms with van der Waals surface area (Å²) in [5.74, 6) is 2.48. The van der Waals surface area contributed by atoms with Crippen molar-refractivity contribution in [2.24, 2.45) is 34.6 Å². The first-order chi connectivity index (χ1) is 15.2. The van der Waals surface area contributed by atoms with E-state index in [2.05, 4.69) is 27.8 Å². The van der Waals surface area contributed by atoms with Crippen molar-refractivity contribution >= 4 is 17.8 Å². The monoisotopic (exact) mass is 422 g/mol. The van der Waals surface area contributed by atoms with E-state index >= 15 is 0 Å². The summed E-state index contributed by atoms with van der Waals surface area (Å²) in [6.07, 6.45) is 7.73. The zero-order valence-electron chi connectivity index (χ0n) is 17.9. The molecule has 3 aliphatic carbocycles.